The molecule has 0 N–H and O–H groups in total. The Labute approximate surface area is 100 Å². The van der Waals surface area contributed by atoms with Crippen molar-refractivity contribution in [2.24, 2.45) is 4.99 Å². The third-order valence-corrected chi connectivity index (χ3v) is 2.44. The van der Waals surface area contributed by atoms with E-state index in [1.807, 2.05) is 30.3 Å². The van der Waals surface area contributed by atoms with E-state index in [4.69, 9.17) is 9.47 Å². The fraction of sp³-hybridized carbons (Fsp3) is 0.385. The average Bonchev–Trinajstić information content (AvgIpc) is 2.79. The van der Waals surface area contributed by atoms with Gasteiger partial charge in [-0.3, -0.25) is 4.79 Å². The maximum absolute atomic E-state index is 11.3. The highest BCUT2D eigenvalue weighted by molar-refractivity contribution is 5.95. The molecule has 1 atom stereocenters. The molecule has 1 heterocycles. The molecule has 1 aromatic rings. The van der Waals surface area contributed by atoms with Crippen LogP contribution in [0.15, 0.2) is 35.3 Å². The van der Waals surface area contributed by atoms with Crippen LogP contribution in [-0.2, 0) is 14.3 Å². The normalized spacial score (nSPS) is 18.4. The lowest BCUT2D eigenvalue weighted by Crippen LogP contribution is -2.19. The van der Waals surface area contributed by atoms with Gasteiger partial charge in [0.15, 0.2) is 0 Å². The molecule has 0 aliphatic carbocycles. The lowest BCUT2D eigenvalue weighted by molar-refractivity contribution is -0.144. The standard InChI is InChI=1S/C13H15NO3/c1-2-16-12(15)8-11-9-14-13(17-11)10-6-4-3-5-7-10/h3-7,11H,2,8-9H2,1H3. The highest BCUT2D eigenvalue weighted by atomic mass is 16.5. The number of carbonyl (C=O) groups is 1. The molecule has 0 aromatic heterocycles. The number of nitrogens with zero attached hydrogens (tertiary/aromatic N) is 1. The van der Waals surface area contributed by atoms with Crippen LogP contribution in [0.5, 0.6) is 0 Å². The zero-order valence-electron chi connectivity index (χ0n) is 9.76. The van der Waals surface area contributed by atoms with Crippen molar-refractivity contribution in [3.63, 3.8) is 0 Å². The van der Waals surface area contributed by atoms with Gasteiger partial charge in [-0.05, 0) is 19.1 Å². The van der Waals surface area contributed by atoms with E-state index in [-0.39, 0.29) is 18.5 Å². The van der Waals surface area contributed by atoms with Crippen molar-refractivity contribution >= 4 is 11.9 Å². The number of ether oxygens (including phenoxy) is 2. The summed E-state index contributed by atoms with van der Waals surface area (Å²) < 4.78 is 10.5. The monoisotopic (exact) mass is 233 g/mol. The second-order valence-electron chi connectivity index (χ2n) is 3.76. The smallest absolute Gasteiger partial charge is 0.309 e. The number of rotatable bonds is 4. The summed E-state index contributed by atoms with van der Waals surface area (Å²) in [5, 5.41) is 0. The summed E-state index contributed by atoms with van der Waals surface area (Å²) in [4.78, 5) is 15.6. The number of benzene rings is 1. The third kappa shape index (κ3) is 3.06. The fourth-order valence-corrected chi connectivity index (χ4v) is 1.67. The quantitative estimate of drug-likeness (QED) is 0.745. The Morgan fingerprint density at radius 2 is 2.24 bits per heavy atom. The van der Waals surface area contributed by atoms with E-state index in [2.05, 4.69) is 4.99 Å². The van der Waals surface area contributed by atoms with Crippen LogP contribution < -0.4 is 0 Å². The van der Waals surface area contributed by atoms with E-state index in [1.165, 1.54) is 0 Å². The number of aliphatic imine (C=N–C) groups is 1. The van der Waals surface area contributed by atoms with Gasteiger partial charge >= 0.3 is 5.97 Å². The van der Waals surface area contributed by atoms with Crippen LogP contribution in [0.1, 0.15) is 18.9 Å². The van der Waals surface area contributed by atoms with Crippen molar-refractivity contribution in [1.82, 2.24) is 0 Å². The Balaban J connectivity index is 1.89. The van der Waals surface area contributed by atoms with Gasteiger partial charge in [-0.25, -0.2) is 4.99 Å². The van der Waals surface area contributed by atoms with E-state index in [0.717, 1.165) is 5.56 Å². The highest BCUT2D eigenvalue weighted by Gasteiger charge is 2.23. The van der Waals surface area contributed by atoms with E-state index in [1.54, 1.807) is 6.92 Å². The first kappa shape index (κ1) is 11.6. The van der Waals surface area contributed by atoms with Gasteiger partial charge in [0.1, 0.15) is 6.10 Å². The molecular weight excluding hydrogens is 218 g/mol. The van der Waals surface area contributed by atoms with E-state index in [9.17, 15) is 4.79 Å². The summed E-state index contributed by atoms with van der Waals surface area (Å²) in [5.41, 5.74) is 0.943. The zero-order chi connectivity index (χ0) is 12.1. The highest BCUT2D eigenvalue weighted by Crippen LogP contribution is 2.14. The maximum Gasteiger partial charge on any atom is 0.309 e. The summed E-state index contributed by atoms with van der Waals surface area (Å²) in [7, 11) is 0. The van der Waals surface area contributed by atoms with Crippen LogP contribution in [0, 0.1) is 0 Å². The zero-order valence-corrected chi connectivity index (χ0v) is 9.76. The fourth-order valence-electron chi connectivity index (χ4n) is 1.67. The molecule has 1 aliphatic heterocycles. The van der Waals surface area contributed by atoms with Crippen molar-refractivity contribution in [1.29, 1.82) is 0 Å². The van der Waals surface area contributed by atoms with Crippen molar-refractivity contribution in [3.8, 4) is 0 Å². The SMILES string of the molecule is CCOC(=O)CC1CN=C(c2ccccc2)O1. The second kappa shape index (κ2) is 5.48. The van der Waals surface area contributed by atoms with E-state index < -0.39 is 0 Å². The van der Waals surface area contributed by atoms with Crippen LogP contribution in [0.25, 0.3) is 0 Å². The molecule has 90 valence electrons. The van der Waals surface area contributed by atoms with Crippen molar-refractivity contribution < 1.29 is 14.3 Å². The molecule has 1 aromatic carbocycles. The second-order valence-corrected chi connectivity index (χ2v) is 3.76. The number of hydrogen-bond donors (Lipinski definition) is 0. The largest absolute Gasteiger partial charge is 0.472 e. The first-order valence-electron chi connectivity index (χ1n) is 5.71. The Bertz CT molecular complexity index is 414. The molecule has 17 heavy (non-hydrogen) atoms. The molecule has 2 rings (SSSR count). The molecule has 4 heteroatoms. The topological polar surface area (TPSA) is 47.9 Å². The number of carbonyl (C=O) groups excluding carboxylic acids is 1. The predicted molar refractivity (Wildman–Crippen MR) is 64.0 cm³/mol. The summed E-state index contributed by atoms with van der Waals surface area (Å²) in [6.07, 6.45) is 0.0671. The molecule has 4 nitrogen and oxygen atoms in total. The predicted octanol–water partition coefficient (Wildman–Crippen LogP) is 1.79. The molecule has 0 saturated carbocycles. The average molecular weight is 233 g/mol. The lowest BCUT2D eigenvalue weighted by Gasteiger charge is -2.10. The van der Waals surface area contributed by atoms with Gasteiger partial charge in [0.25, 0.3) is 0 Å². The summed E-state index contributed by atoms with van der Waals surface area (Å²) >= 11 is 0. The van der Waals surface area contributed by atoms with E-state index >= 15 is 0 Å². The minimum absolute atomic E-state index is 0.191. The van der Waals surface area contributed by atoms with E-state index in [0.29, 0.717) is 19.0 Å². The molecule has 0 fully saturated rings. The van der Waals surface area contributed by atoms with Gasteiger partial charge in [-0.1, -0.05) is 18.2 Å². The van der Waals surface area contributed by atoms with Crippen molar-refractivity contribution in [2.45, 2.75) is 19.4 Å². The van der Waals surface area contributed by atoms with Gasteiger partial charge in [0, 0.05) is 5.56 Å². The molecular formula is C13H15NO3. The van der Waals surface area contributed by atoms with Crippen molar-refractivity contribution in [2.75, 3.05) is 13.2 Å². The minimum Gasteiger partial charge on any atom is -0.472 e. The Morgan fingerprint density at radius 3 is 2.94 bits per heavy atom. The lowest BCUT2D eigenvalue weighted by atomic mass is 10.2. The van der Waals surface area contributed by atoms with Gasteiger partial charge in [0.05, 0.1) is 19.6 Å². The molecule has 0 amide bonds. The number of hydrogen-bond acceptors (Lipinski definition) is 4. The van der Waals surface area contributed by atoms with Crippen LogP contribution in [0.4, 0.5) is 0 Å². The van der Waals surface area contributed by atoms with Crippen molar-refractivity contribution in [3.05, 3.63) is 35.9 Å². The Kier molecular flexibility index (Phi) is 3.75. The summed E-state index contributed by atoms with van der Waals surface area (Å²) in [6, 6.07) is 9.67. The Morgan fingerprint density at radius 1 is 1.47 bits per heavy atom. The molecule has 1 unspecified atom stereocenters. The molecule has 0 spiro atoms. The van der Waals surface area contributed by atoms with Crippen LogP contribution in [0.3, 0.4) is 0 Å². The molecule has 1 aliphatic rings. The van der Waals surface area contributed by atoms with Gasteiger partial charge in [0.2, 0.25) is 5.90 Å². The van der Waals surface area contributed by atoms with Gasteiger partial charge < -0.3 is 9.47 Å². The molecule has 0 bridgehead atoms. The Hall–Kier alpha value is -1.84. The molecule has 0 saturated heterocycles. The maximum atomic E-state index is 11.3. The molecule has 0 radical (unpaired) electrons. The van der Waals surface area contributed by atoms with Crippen LogP contribution in [-0.4, -0.2) is 31.1 Å². The first-order chi connectivity index (χ1) is 8.29. The minimum atomic E-state index is -0.234. The van der Waals surface area contributed by atoms with Crippen LogP contribution in [0.2, 0.25) is 0 Å². The van der Waals surface area contributed by atoms with Gasteiger partial charge in [-0.2, -0.15) is 0 Å². The first-order valence-corrected chi connectivity index (χ1v) is 5.71. The van der Waals surface area contributed by atoms with Crippen LogP contribution >= 0.6 is 0 Å². The number of esters is 1. The third-order valence-electron chi connectivity index (χ3n) is 2.44. The summed E-state index contributed by atoms with van der Waals surface area (Å²) in [5.74, 6) is 0.377. The summed E-state index contributed by atoms with van der Waals surface area (Å²) in [6.45, 7) is 2.71. The van der Waals surface area contributed by atoms with Gasteiger partial charge in [-0.15, -0.1) is 0 Å².